The van der Waals surface area contributed by atoms with E-state index in [0.717, 1.165) is 25.0 Å². The molecule has 0 heterocycles. The van der Waals surface area contributed by atoms with Crippen LogP contribution in [0, 0.1) is 17.6 Å². The Kier molecular flexibility index (Phi) is 2.30. The first-order valence-corrected chi connectivity index (χ1v) is 4.57. The molecule has 0 bridgehead atoms. The minimum Gasteiger partial charge on any atom is -0.505 e. The molecule has 1 aromatic rings. The van der Waals surface area contributed by atoms with Crippen molar-refractivity contribution in [3.05, 3.63) is 23.8 Å². The highest BCUT2D eigenvalue weighted by atomic mass is 19.2. The number of carbonyl (C=O) groups is 1. The van der Waals surface area contributed by atoms with Crippen molar-refractivity contribution in [1.82, 2.24) is 0 Å². The van der Waals surface area contributed by atoms with Gasteiger partial charge in [0.15, 0.2) is 11.6 Å². The predicted octanol–water partition coefficient (Wildman–Crippen LogP) is 2.02. The molecule has 5 heteroatoms. The number of rotatable bonds is 2. The summed E-state index contributed by atoms with van der Waals surface area (Å²) in [5.41, 5.74) is -0.234. The number of amides is 1. The molecule has 80 valence electrons. The third kappa shape index (κ3) is 1.91. The average Bonchev–Trinajstić information content (AvgIpc) is 3.02. The number of aromatic hydroxyl groups is 1. The number of hydrogen-bond acceptors (Lipinski definition) is 2. The van der Waals surface area contributed by atoms with Crippen molar-refractivity contribution in [2.24, 2.45) is 5.92 Å². The zero-order chi connectivity index (χ0) is 11.0. The van der Waals surface area contributed by atoms with Gasteiger partial charge in [0.2, 0.25) is 11.7 Å². The van der Waals surface area contributed by atoms with Crippen molar-refractivity contribution in [3.8, 4) is 5.75 Å². The third-order valence-electron chi connectivity index (χ3n) is 2.27. The molecule has 1 saturated carbocycles. The molecule has 0 aliphatic heterocycles. The quantitative estimate of drug-likeness (QED) is 0.738. The van der Waals surface area contributed by atoms with Gasteiger partial charge in [-0.2, -0.15) is 4.39 Å². The van der Waals surface area contributed by atoms with Gasteiger partial charge in [-0.1, -0.05) is 0 Å². The predicted molar refractivity (Wildman–Crippen MR) is 49.4 cm³/mol. The van der Waals surface area contributed by atoms with Gasteiger partial charge in [-0.25, -0.2) is 4.39 Å². The summed E-state index contributed by atoms with van der Waals surface area (Å²) in [4.78, 5) is 11.3. The van der Waals surface area contributed by atoms with Gasteiger partial charge in [-0.05, 0) is 25.0 Å². The minimum atomic E-state index is -1.34. The summed E-state index contributed by atoms with van der Waals surface area (Å²) in [7, 11) is 0. The third-order valence-corrected chi connectivity index (χ3v) is 2.27. The first-order valence-electron chi connectivity index (χ1n) is 4.57. The summed E-state index contributed by atoms with van der Waals surface area (Å²) < 4.78 is 26.0. The van der Waals surface area contributed by atoms with E-state index in [9.17, 15) is 13.6 Å². The van der Waals surface area contributed by atoms with Crippen molar-refractivity contribution in [2.45, 2.75) is 12.8 Å². The maximum Gasteiger partial charge on any atom is 0.227 e. The number of phenolic OH excluding ortho intramolecular Hbond substituents is 1. The number of carbonyl (C=O) groups excluding carboxylic acids is 1. The van der Waals surface area contributed by atoms with Gasteiger partial charge in [-0.3, -0.25) is 4.79 Å². The number of halogens is 2. The van der Waals surface area contributed by atoms with Crippen LogP contribution in [-0.4, -0.2) is 11.0 Å². The number of phenols is 1. The maximum atomic E-state index is 13.2. The summed E-state index contributed by atoms with van der Waals surface area (Å²) in [6.07, 6.45) is 1.57. The van der Waals surface area contributed by atoms with Crippen LogP contribution in [-0.2, 0) is 4.79 Å². The second kappa shape index (κ2) is 3.49. The van der Waals surface area contributed by atoms with E-state index in [1.807, 2.05) is 0 Å². The van der Waals surface area contributed by atoms with Crippen LogP contribution >= 0.6 is 0 Å². The lowest BCUT2D eigenvalue weighted by atomic mass is 10.2. The molecule has 1 aromatic carbocycles. The fourth-order valence-electron chi connectivity index (χ4n) is 1.22. The van der Waals surface area contributed by atoms with E-state index in [1.54, 1.807) is 0 Å². The topological polar surface area (TPSA) is 49.3 Å². The zero-order valence-electron chi connectivity index (χ0n) is 7.76. The van der Waals surface area contributed by atoms with E-state index in [2.05, 4.69) is 5.32 Å². The first kappa shape index (κ1) is 9.89. The molecule has 0 saturated heterocycles. The molecule has 3 nitrogen and oxygen atoms in total. The van der Waals surface area contributed by atoms with E-state index in [-0.39, 0.29) is 17.5 Å². The maximum absolute atomic E-state index is 13.2. The highest BCUT2D eigenvalue weighted by molar-refractivity contribution is 5.94. The van der Waals surface area contributed by atoms with Crippen LogP contribution in [0.1, 0.15) is 12.8 Å². The molecule has 2 N–H and O–H groups in total. The lowest BCUT2D eigenvalue weighted by Crippen LogP contribution is -2.14. The van der Waals surface area contributed by atoms with Crippen LogP contribution in [0.2, 0.25) is 0 Å². The molecule has 0 radical (unpaired) electrons. The Labute approximate surface area is 84.7 Å². The summed E-state index contributed by atoms with van der Waals surface area (Å²) in [5, 5.41) is 11.1. The van der Waals surface area contributed by atoms with Crippen LogP contribution < -0.4 is 5.32 Å². The smallest absolute Gasteiger partial charge is 0.227 e. The second-order valence-electron chi connectivity index (χ2n) is 3.52. The van der Waals surface area contributed by atoms with E-state index in [4.69, 9.17) is 5.11 Å². The first-order chi connectivity index (χ1) is 7.09. The Morgan fingerprint density at radius 3 is 2.60 bits per heavy atom. The SMILES string of the molecule is O=C(Nc1ccc(O)c(F)c1F)C1CC1. The van der Waals surface area contributed by atoms with Gasteiger partial charge < -0.3 is 10.4 Å². The van der Waals surface area contributed by atoms with Crippen LogP contribution in [0.25, 0.3) is 0 Å². The zero-order valence-corrected chi connectivity index (χ0v) is 7.76. The Hall–Kier alpha value is -1.65. The van der Waals surface area contributed by atoms with Gasteiger partial charge in [0, 0.05) is 5.92 Å². The van der Waals surface area contributed by atoms with E-state index >= 15 is 0 Å². The molecular formula is C10H9F2NO2. The summed E-state index contributed by atoms with van der Waals surface area (Å²) in [6, 6.07) is 2.13. The summed E-state index contributed by atoms with van der Waals surface area (Å²) in [5.74, 6) is -3.73. The van der Waals surface area contributed by atoms with Gasteiger partial charge in [0.1, 0.15) is 0 Å². The lowest BCUT2D eigenvalue weighted by Gasteiger charge is -2.06. The van der Waals surface area contributed by atoms with E-state index < -0.39 is 17.4 Å². The highest BCUT2D eigenvalue weighted by Gasteiger charge is 2.30. The van der Waals surface area contributed by atoms with Crippen LogP contribution in [0.5, 0.6) is 5.75 Å². The molecule has 0 aromatic heterocycles. The molecule has 1 amide bonds. The fourth-order valence-corrected chi connectivity index (χ4v) is 1.22. The summed E-state index contributed by atoms with van der Waals surface area (Å²) in [6.45, 7) is 0. The second-order valence-corrected chi connectivity index (χ2v) is 3.52. The Bertz CT molecular complexity index is 416. The van der Waals surface area contributed by atoms with Gasteiger partial charge >= 0.3 is 0 Å². The standard InChI is InChI=1S/C10H9F2NO2/c11-8-6(3-4-7(14)9(8)12)13-10(15)5-1-2-5/h3-5,14H,1-2H2,(H,13,15). The molecule has 2 rings (SSSR count). The summed E-state index contributed by atoms with van der Waals surface area (Å²) >= 11 is 0. The van der Waals surface area contributed by atoms with E-state index in [1.165, 1.54) is 0 Å². The van der Waals surface area contributed by atoms with Gasteiger partial charge in [-0.15, -0.1) is 0 Å². The molecule has 1 aliphatic carbocycles. The van der Waals surface area contributed by atoms with Crippen molar-refractivity contribution in [1.29, 1.82) is 0 Å². The van der Waals surface area contributed by atoms with Gasteiger partial charge in [0.05, 0.1) is 5.69 Å². The normalized spacial score (nSPS) is 15.1. The van der Waals surface area contributed by atoms with E-state index in [0.29, 0.717) is 0 Å². The Morgan fingerprint density at radius 2 is 2.00 bits per heavy atom. The van der Waals surface area contributed by atoms with Crippen molar-refractivity contribution < 1.29 is 18.7 Å². The number of hydrogen-bond donors (Lipinski definition) is 2. The number of anilines is 1. The van der Waals surface area contributed by atoms with Crippen LogP contribution in [0.15, 0.2) is 12.1 Å². The minimum absolute atomic E-state index is 0.0822. The average molecular weight is 213 g/mol. The molecule has 0 atom stereocenters. The number of nitrogens with one attached hydrogen (secondary N) is 1. The monoisotopic (exact) mass is 213 g/mol. The van der Waals surface area contributed by atoms with Crippen molar-refractivity contribution in [2.75, 3.05) is 5.32 Å². The highest BCUT2D eigenvalue weighted by Crippen LogP contribution is 2.31. The molecular weight excluding hydrogens is 204 g/mol. The Balaban J connectivity index is 2.21. The largest absolute Gasteiger partial charge is 0.505 e. The molecule has 1 aliphatic rings. The Morgan fingerprint density at radius 1 is 1.33 bits per heavy atom. The fraction of sp³-hybridized carbons (Fsp3) is 0.300. The lowest BCUT2D eigenvalue weighted by molar-refractivity contribution is -0.117. The van der Waals surface area contributed by atoms with Crippen molar-refractivity contribution >= 4 is 11.6 Å². The molecule has 15 heavy (non-hydrogen) atoms. The molecule has 0 spiro atoms. The van der Waals surface area contributed by atoms with Crippen LogP contribution in [0.3, 0.4) is 0 Å². The van der Waals surface area contributed by atoms with Gasteiger partial charge in [0.25, 0.3) is 0 Å². The van der Waals surface area contributed by atoms with Crippen LogP contribution in [0.4, 0.5) is 14.5 Å². The molecule has 0 unspecified atom stereocenters. The molecule has 1 fully saturated rings. The van der Waals surface area contributed by atoms with Crippen molar-refractivity contribution in [3.63, 3.8) is 0 Å². The number of benzene rings is 1.